The summed E-state index contributed by atoms with van der Waals surface area (Å²) in [6.45, 7) is 3.23. The molecular formula is C15H22N2O4. The Morgan fingerprint density at radius 3 is 2.86 bits per heavy atom. The van der Waals surface area contributed by atoms with Crippen LogP contribution in [0.15, 0.2) is 23.0 Å². The number of furan rings is 1. The molecule has 1 fully saturated rings. The van der Waals surface area contributed by atoms with E-state index in [1.165, 1.54) is 0 Å². The van der Waals surface area contributed by atoms with Gasteiger partial charge in [-0.15, -0.1) is 0 Å². The monoisotopic (exact) mass is 294 g/mol. The number of carbonyl (C=O) groups excluding carboxylic acids is 1. The summed E-state index contributed by atoms with van der Waals surface area (Å²) in [5.41, 5.74) is 0.118. The van der Waals surface area contributed by atoms with Gasteiger partial charge in [-0.3, -0.25) is 4.79 Å². The lowest BCUT2D eigenvalue weighted by molar-refractivity contribution is -0.152. The molecule has 0 radical (unpaired) electrons. The van der Waals surface area contributed by atoms with E-state index in [1.807, 2.05) is 13.0 Å². The molecule has 1 saturated heterocycles. The number of aliphatic carboxylic acids is 1. The Balaban J connectivity index is 2.03. The van der Waals surface area contributed by atoms with E-state index in [4.69, 9.17) is 4.42 Å². The van der Waals surface area contributed by atoms with E-state index in [0.717, 1.165) is 12.0 Å². The summed E-state index contributed by atoms with van der Waals surface area (Å²) < 4.78 is 4.99. The van der Waals surface area contributed by atoms with Crippen molar-refractivity contribution in [3.63, 3.8) is 0 Å². The first-order chi connectivity index (χ1) is 9.98. The Morgan fingerprint density at radius 1 is 1.52 bits per heavy atom. The van der Waals surface area contributed by atoms with Crippen LogP contribution in [0.1, 0.15) is 31.7 Å². The molecule has 1 atom stereocenters. The van der Waals surface area contributed by atoms with Crippen molar-refractivity contribution >= 4 is 12.0 Å². The van der Waals surface area contributed by atoms with Gasteiger partial charge in [-0.1, -0.05) is 6.92 Å². The number of carbonyl (C=O) groups is 2. The minimum absolute atomic E-state index is 0.130. The topological polar surface area (TPSA) is 74.0 Å². The maximum absolute atomic E-state index is 12.5. The van der Waals surface area contributed by atoms with E-state index >= 15 is 0 Å². The Bertz CT molecular complexity index is 500. The second-order valence-corrected chi connectivity index (χ2v) is 5.73. The Morgan fingerprint density at radius 2 is 2.29 bits per heavy atom. The zero-order valence-corrected chi connectivity index (χ0v) is 12.5. The standard InChI is InChI=1S/C15H22N2O4/c1-3-15(13(18)19)6-4-7-17(11-15)14(20)16(2)9-12-5-8-21-10-12/h5,8,10H,3-4,6-7,9,11H2,1-2H3,(H,18,19). The van der Waals surface area contributed by atoms with Gasteiger partial charge in [0.05, 0.1) is 24.5 Å². The zero-order chi connectivity index (χ0) is 15.5. The van der Waals surface area contributed by atoms with E-state index in [-0.39, 0.29) is 12.6 Å². The van der Waals surface area contributed by atoms with Crippen LogP contribution in [0.2, 0.25) is 0 Å². The number of nitrogens with zero attached hydrogens (tertiary/aromatic N) is 2. The van der Waals surface area contributed by atoms with E-state index < -0.39 is 11.4 Å². The fourth-order valence-electron chi connectivity index (χ4n) is 2.87. The molecule has 0 spiro atoms. The third kappa shape index (κ3) is 3.20. The van der Waals surface area contributed by atoms with E-state index in [0.29, 0.717) is 25.9 Å². The molecule has 6 nitrogen and oxygen atoms in total. The number of carboxylic acid groups (broad SMARTS) is 1. The van der Waals surface area contributed by atoms with Gasteiger partial charge < -0.3 is 19.3 Å². The van der Waals surface area contributed by atoms with E-state index in [2.05, 4.69) is 0 Å². The molecule has 2 amide bonds. The number of rotatable bonds is 4. The van der Waals surface area contributed by atoms with Crippen molar-refractivity contribution in [3.8, 4) is 0 Å². The highest BCUT2D eigenvalue weighted by Gasteiger charge is 2.42. The number of hydrogen-bond acceptors (Lipinski definition) is 3. The molecule has 1 aliphatic rings. The Kier molecular flexibility index (Phi) is 4.55. The largest absolute Gasteiger partial charge is 0.481 e. The van der Waals surface area contributed by atoms with Crippen LogP contribution >= 0.6 is 0 Å². The van der Waals surface area contributed by atoms with Crippen LogP contribution < -0.4 is 0 Å². The third-order valence-corrected chi connectivity index (χ3v) is 4.30. The van der Waals surface area contributed by atoms with Crippen molar-refractivity contribution in [2.45, 2.75) is 32.7 Å². The summed E-state index contributed by atoms with van der Waals surface area (Å²) in [6, 6.07) is 1.68. The molecule has 0 saturated carbocycles. The van der Waals surface area contributed by atoms with E-state index in [1.54, 1.807) is 29.4 Å². The number of urea groups is 1. The first-order valence-corrected chi connectivity index (χ1v) is 7.23. The molecule has 21 heavy (non-hydrogen) atoms. The highest BCUT2D eigenvalue weighted by atomic mass is 16.4. The minimum atomic E-state index is -0.806. The van der Waals surface area contributed by atoms with Crippen molar-refractivity contribution < 1.29 is 19.1 Å². The van der Waals surface area contributed by atoms with Crippen molar-refractivity contribution in [2.24, 2.45) is 5.41 Å². The summed E-state index contributed by atoms with van der Waals surface area (Å²) in [6.07, 6.45) is 5.08. The molecule has 1 aromatic heterocycles. The predicted octanol–water partition coefficient (Wildman–Crippen LogP) is 2.41. The van der Waals surface area contributed by atoms with Gasteiger partial charge in [0.25, 0.3) is 0 Å². The number of likely N-dealkylation sites (tertiary alicyclic amines) is 1. The van der Waals surface area contributed by atoms with Crippen LogP contribution in [-0.4, -0.2) is 47.0 Å². The lowest BCUT2D eigenvalue weighted by Crippen LogP contribution is -2.52. The normalized spacial score (nSPS) is 22.1. The maximum Gasteiger partial charge on any atom is 0.320 e. The minimum Gasteiger partial charge on any atom is -0.481 e. The maximum atomic E-state index is 12.5. The molecule has 0 aliphatic carbocycles. The second-order valence-electron chi connectivity index (χ2n) is 5.73. The van der Waals surface area contributed by atoms with Crippen LogP contribution in [0.5, 0.6) is 0 Å². The Hall–Kier alpha value is -1.98. The molecule has 1 unspecified atom stereocenters. The first kappa shape index (κ1) is 15.4. The fraction of sp³-hybridized carbons (Fsp3) is 0.600. The number of carboxylic acids is 1. The third-order valence-electron chi connectivity index (χ3n) is 4.30. The molecule has 1 aliphatic heterocycles. The highest BCUT2D eigenvalue weighted by molar-refractivity contribution is 5.78. The summed E-state index contributed by atoms with van der Waals surface area (Å²) in [5, 5.41) is 9.47. The van der Waals surface area contributed by atoms with Gasteiger partial charge >= 0.3 is 12.0 Å². The van der Waals surface area contributed by atoms with Crippen molar-refractivity contribution in [1.29, 1.82) is 0 Å². The number of piperidine rings is 1. The summed E-state index contributed by atoms with van der Waals surface area (Å²) >= 11 is 0. The van der Waals surface area contributed by atoms with Gasteiger partial charge in [0, 0.05) is 25.7 Å². The molecule has 0 aromatic carbocycles. The van der Waals surface area contributed by atoms with Crippen molar-refractivity contribution in [2.75, 3.05) is 20.1 Å². The lowest BCUT2D eigenvalue weighted by Gasteiger charge is -2.40. The van der Waals surface area contributed by atoms with Gasteiger partial charge in [-0.25, -0.2) is 4.79 Å². The zero-order valence-electron chi connectivity index (χ0n) is 12.5. The summed E-state index contributed by atoms with van der Waals surface area (Å²) in [4.78, 5) is 27.3. The summed E-state index contributed by atoms with van der Waals surface area (Å²) in [5.74, 6) is -0.806. The van der Waals surface area contributed by atoms with Crippen LogP contribution in [0.3, 0.4) is 0 Å². The fourth-order valence-corrected chi connectivity index (χ4v) is 2.87. The van der Waals surface area contributed by atoms with Crippen LogP contribution in [0.4, 0.5) is 4.79 Å². The second kappa shape index (κ2) is 6.20. The average molecular weight is 294 g/mol. The molecule has 2 heterocycles. The molecule has 2 rings (SSSR count). The molecule has 0 bridgehead atoms. The summed E-state index contributed by atoms with van der Waals surface area (Å²) in [7, 11) is 1.72. The molecular weight excluding hydrogens is 272 g/mol. The number of amides is 2. The molecule has 1 N–H and O–H groups in total. The number of hydrogen-bond donors (Lipinski definition) is 1. The smallest absolute Gasteiger partial charge is 0.320 e. The van der Waals surface area contributed by atoms with Gasteiger partial charge in [0.15, 0.2) is 0 Å². The Labute approximate surface area is 124 Å². The predicted molar refractivity (Wildman–Crippen MR) is 76.7 cm³/mol. The molecule has 1 aromatic rings. The molecule has 116 valence electrons. The van der Waals surface area contributed by atoms with E-state index in [9.17, 15) is 14.7 Å². The van der Waals surface area contributed by atoms with Crippen LogP contribution in [0, 0.1) is 5.41 Å². The van der Waals surface area contributed by atoms with Crippen molar-refractivity contribution in [1.82, 2.24) is 9.80 Å². The molecule has 6 heteroatoms. The van der Waals surface area contributed by atoms with Crippen LogP contribution in [0.25, 0.3) is 0 Å². The van der Waals surface area contributed by atoms with Crippen LogP contribution in [-0.2, 0) is 11.3 Å². The van der Waals surface area contributed by atoms with Gasteiger partial charge in [-0.05, 0) is 25.3 Å². The first-order valence-electron chi connectivity index (χ1n) is 7.23. The van der Waals surface area contributed by atoms with Gasteiger partial charge in [0.1, 0.15) is 0 Å². The lowest BCUT2D eigenvalue weighted by atomic mass is 9.78. The SMILES string of the molecule is CCC1(C(=O)O)CCCN(C(=O)N(C)Cc2ccoc2)C1. The van der Waals surface area contributed by atoms with Gasteiger partial charge in [0.2, 0.25) is 0 Å². The van der Waals surface area contributed by atoms with Gasteiger partial charge in [-0.2, -0.15) is 0 Å². The quantitative estimate of drug-likeness (QED) is 0.925. The average Bonchev–Trinajstić information content (AvgIpc) is 2.99. The van der Waals surface area contributed by atoms with Crippen molar-refractivity contribution in [3.05, 3.63) is 24.2 Å². The highest BCUT2D eigenvalue weighted by Crippen LogP contribution is 2.34.